The number of aromatic hydroxyl groups is 1. The lowest BCUT2D eigenvalue weighted by atomic mass is 10.0. The molecule has 0 aliphatic carbocycles. The molecule has 0 spiro atoms. The molecule has 0 unspecified atom stereocenters. The molecule has 38 heavy (non-hydrogen) atoms. The summed E-state index contributed by atoms with van der Waals surface area (Å²) in [6.45, 7) is 6.06. The third kappa shape index (κ3) is 6.98. The number of halogens is 1. The molecule has 3 rings (SSSR count). The highest BCUT2D eigenvalue weighted by atomic mass is 35.5. The lowest BCUT2D eigenvalue weighted by Gasteiger charge is -2.20. The number of urea groups is 1. The Hall–Kier alpha value is -4.18. The Morgan fingerprint density at radius 1 is 1.11 bits per heavy atom. The second kappa shape index (κ2) is 12.9. The van der Waals surface area contributed by atoms with Crippen LogP contribution in [0.3, 0.4) is 0 Å². The fourth-order valence-corrected chi connectivity index (χ4v) is 4.13. The number of carbonyl (C=O) groups excluding carboxylic acids is 1. The lowest BCUT2D eigenvalue weighted by molar-refractivity contribution is -0.137. The SMILES string of the molecule is CCOc1cccc([C@H](CC(=O)O)NC(=O)Nc2c(O)c(C)cn(Cc3c(Cl)cccc3OCC)c2=O)c1. The number of amides is 2. The van der Waals surface area contributed by atoms with Crippen molar-refractivity contribution in [3.05, 3.63) is 80.7 Å². The van der Waals surface area contributed by atoms with Gasteiger partial charge in [0, 0.05) is 22.3 Å². The Morgan fingerprint density at radius 3 is 2.50 bits per heavy atom. The van der Waals surface area contributed by atoms with Crippen LogP contribution >= 0.6 is 11.6 Å². The van der Waals surface area contributed by atoms with Gasteiger partial charge in [0.15, 0.2) is 5.69 Å². The van der Waals surface area contributed by atoms with Crippen LogP contribution < -0.4 is 25.7 Å². The molecule has 0 radical (unpaired) electrons. The van der Waals surface area contributed by atoms with E-state index in [9.17, 15) is 24.6 Å². The van der Waals surface area contributed by atoms with Gasteiger partial charge in [0.25, 0.3) is 5.56 Å². The van der Waals surface area contributed by atoms with Gasteiger partial charge in [-0.3, -0.25) is 9.59 Å². The molecule has 3 aromatic rings. The fraction of sp³-hybridized carbons (Fsp3) is 0.296. The Morgan fingerprint density at radius 2 is 1.82 bits per heavy atom. The van der Waals surface area contributed by atoms with E-state index in [1.807, 2.05) is 13.8 Å². The second-order valence-corrected chi connectivity index (χ2v) is 8.78. The minimum Gasteiger partial charge on any atom is -0.505 e. The normalized spacial score (nSPS) is 11.5. The van der Waals surface area contributed by atoms with E-state index in [1.54, 1.807) is 49.4 Å². The van der Waals surface area contributed by atoms with Gasteiger partial charge in [-0.25, -0.2) is 4.79 Å². The van der Waals surface area contributed by atoms with Crippen LogP contribution in [-0.4, -0.2) is 40.0 Å². The predicted octanol–water partition coefficient (Wildman–Crippen LogP) is 4.70. The van der Waals surface area contributed by atoms with Gasteiger partial charge >= 0.3 is 12.0 Å². The molecule has 11 heteroatoms. The highest BCUT2D eigenvalue weighted by Gasteiger charge is 2.22. The highest BCUT2D eigenvalue weighted by molar-refractivity contribution is 6.31. The van der Waals surface area contributed by atoms with Crippen molar-refractivity contribution in [1.29, 1.82) is 0 Å². The van der Waals surface area contributed by atoms with E-state index in [0.717, 1.165) is 0 Å². The number of carboxylic acid groups (broad SMARTS) is 1. The number of carboxylic acids is 1. The van der Waals surface area contributed by atoms with Crippen molar-refractivity contribution in [2.75, 3.05) is 18.5 Å². The van der Waals surface area contributed by atoms with Crippen molar-refractivity contribution in [2.45, 2.75) is 39.8 Å². The van der Waals surface area contributed by atoms with Crippen molar-refractivity contribution in [2.24, 2.45) is 0 Å². The monoisotopic (exact) mass is 543 g/mol. The van der Waals surface area contributed by atoms with E-state index in [4.69, 9.17) is 21.1 Å². The average molecular weight is 544 g/mol. The molecule has 0 saturated carbocycles. The topological polar surface area (TPSA) is 139 Å². The highest BCUT2D eigenvalue weighted by Crippen LogP contribution is 2.29. The van der Waals surface area contributed by atoms with Gasteiger partial charge in [0.1, 0.15) is 17.2 Å². The van der Waals surface area contributed by atoms with Gasteiger partial charge in [0.2, 0.25) is 0 Å². The van der Waals surface area contributed by atoms with Crippen LogP contribution in [-0.2, 0) is 11.3 Å². The number of hydrogen-bond acceptors (Lipinski definition) is 6. The summed E-state index contributed by atoms with van der Waals surface area (Å²) >= 11 is 6.37. The van der Waals surface area contributed by atoms with Gasteiger partial charge in [-0.05, 0) is 50.6 Å². The molecule has 10 nitrogen and oxygen atoms in total. The van der Waals surface area contributed by atoms with Gasteiger partial charge in [0.05, 0.1) is 32.2 Å². The summed E-state index contributed by atoms with van der Waals surface area (Å²) in [6, 6.07) is 10.0. The summed E-state index contributed by atoms with van der Waals surface area (Å²) in [6.07, 6.45) is 1.03. The van der Waals surface area contributed by atoms with Crippen LogP contribution in [0, 0.1) is 6.92 Å². The molecule has 2 aromatic carbocycles. The first kappa shape index (κ1) is 28.4. The summed E-state index contributed by atoms with van der Waals surface area (Å²) in [5.74, 6) is -0.509. The van der Waals surface area contributed by atoms with Crippen molar-refractivity contribution < 1.29 is 29.3 Å². The Bertz CT molecular complexity index is 1370. The second-order valence-electron chi connectivity index (χ2n) is 8.37. The van der Waals surface area contributed by atoms with Crippen LogP contribution in [0.1, 0.15) is 43.0 Å². The number of rotatable bonds is 11. The summed E-state index contributed by atoms with van der Waals surface area (Å²) in [5, 5.41) is 25.3. The number of pyridine rings is 1. The van der Waals surface area contributed by atoms with E-state index in [1.165, 1.54) is 10.8 Å². The van der Waals surface area contributed by atoms with Crippen LogP contribution in [0.25, 0.3) is 0 Å². The molecule has 0 fully saturated rings. The largest absolute Gasteiger partial charge is 0.505 e. The maximum absolute atomic E-state index is 13.3. The van der Waals surface area contributed by atoms with E-state index in [2.05, 4.69) is 10.6 Å². The standard InChI is InChI=1S/C27H30ClN3O7/c1-4-37-18-9-6-8-17(12-18)21(13-23(32)33)29-27(36)30-24-25(34)16(3)14-31(26(24)35)15-19-20(28)10-7-11-22(19)38-5-2/h6-12,14,21,34H,4-5,13,15H2,1-3H3,(H,32,33)(H2,29,30,36)/t21-/m0/s1. The van der Waals surface area contributed by atoms with Crippen molar-refractivity contribution in [1.82, 2.24) is 9.88 Å². The number of anilines is 1. The quantitative estimate of drug-likeness (QED) is 0.275. The van der Waals surface area contributed by atoms with Gasteiger partial charge in [-0.15, -0.1) is 0 Å². The number of benzene rings is 2. The average Bonchev–Trinajstić information content (AvgIpc) is 2.87. The maximum atomic E-state index is 13.3. The van der Waals surface area contributed by atoms with Crippen molar-refractivity contribution in [3.8, 4) is 17.2 Å². The zero-order valence-corrected chi connectivity index (χ0v) is 22.0. The van der Waals surface area contributed by atoms with E-state index < -0.39 is 35.8 Å². The van der Waals surface area contributed by atoms with E-state index in [-0.39, 0.29) is 12.2 Å². The number of hydrogen-bond donors (Lipinski definition) is 4. The van der Waals surface area contributed by atoms with Crippen LogP contribution in [0.15, 0.2) is 53.5 Å². The van der Waals surface area contributed by atoms with Crippen LogP contribution in [0.2, 0.25) is 5.02 Å². The Labute approximate surface area is 224 Å². The van der Waals surface area contributed by atoms with Gasteiger partial charge < -0.3 is 34.9 Å². The van der Waals surface area contributed by atoms with Crippen LogP contribution in [0.5, 0.6) is 17.2 Å². The van der Waals surface area contributed by atoms with Gasteiger partial charge in [-0.1, -0.05) is 29.8 Å². The number of ether oxygens (including phenoxy) is 2. The molecular weight excluding hydrogens is 514 g/mol. The molecule has 0 saturated heterocycles. The lowest BCUT2D eigenvalue weighted by Crippen LogP contribution is -2.36. The number of aliphatic carboxylic acids is 1. The summed E-state index contributed by atoms with van der Waals surface area (Å²) in [5.41, 5.74) is 0.357. The predicted molar refractivity (Wildman–Crippen MR) is 144 cm³/mol. The Kier molecular flexibility index (Phi) is 9.61. The smallest absolute Gasteiger partial charge is 0.319 e. The van der Waals surface area contributed by atoms with E-state index in [0.29, 0.717) is 46.4 Å². The number of nitrogens with one attached hydrogen (secondary N) is 2. The summed E-state index contributed by atoms with van der Waals surface area (Å²) in [4.78, 5) is 37.7. The zero-order valence-electron chi connectivity index (χ0n) is 21.3. The number of nitrogens with zero attached hydrogens (tertiary/aromatic N) is 1. The first-order valence-electron chi connectivity index (χ1n) is 12.0. The summed E-state index contributed by atoms with van der Waals surface area (Å²) in [7, 11) is 0. The number of carbonyl (C=O) groups is 2. The molecule has 1 heterocycles. The first-order valence-corrected chi connectivity index (χ1v) is 12.4. The van der Waals surface area contributed by atoms with Gasteiger partial charge in [-0.2, -0.15) is 0 Å². The molecule has 1 atom stereocenters. The van der Waals surface area contributed by atoms with E-state index >= 15 is 0 Å². The maximum Gasteiger partial charge on any atom is 0.319 e. The first-order chi connectivity index (χ1) is 18.1. The molecule has 0 aliphatic heterocycles. The minimum atomic E-state index is -1.14. The third-order valence-corrected chi connectivity index (χ3v) is 5.99. The molecular formula is C27H30ClN3O7. The molecule has 1 aromatic heterocycles. The van der Waals surface area contributed by atoms with Crippen molar-refractivity contribution in [3.63, 3.8) is 0 Å². The number of aryl methyl sites for hydroxylation is 1. The fourth-order valence-electron chi connectivity index (χ4n) is 3.90. The van der Waals surface area contributed by atoms with Crippen LogP contribution in [0.4, 0.5) is 10.5 Å². The van der Waals surface area contributed by atoms with Crippen molar-refractivity contribution >= 4 is 29.3 Å². The molecule has 202 valence electrons. The summed E-state index contributed by atoms with van der Waals surface area (Å²) < 4.78 is 12.4. The zero-order chi connectivity index (χ0) is 27.8. The molecule has 4 N–H and O–H groups in total. The molecule has 0 bridgehead atoms. The number of aromatic nitrogens is 1. The third-order valence-electron chi connectivity index (χ3n) is 5.63. The minimum absolute atomic E-state index is 0.0249. The molecule has 2 amide bonds. The Balaban J connectivity index is 1.90. The molecule has 0 aliphatic rings.